The van der Waals surface area contributed by atoms with Gasteiger partial charge in [0.2, 0.25) is 0 Å². The van der Waals surface area contributed by atoms with Gasteiger partial charge >= 0.3 is 0 Å². The van der Waals surface area contributed by atoms with Crippen molar-refractivity contribution in [3.8, 4) is 22.8 Å². The number of thiophene rings is 1. The average molecular weight is 492 g/mol. The molecule has 0 spiro atoms. The van der Waals surface area contributed by atoms with E-state index in [0.717, 1.165) is 11.1 Å². The van der Waals surface area contributed by atoms with Crippen molar-refractivity contribution < 1.29 is 14.3 Å². The van der Waals surface area contributed by atoms with E-state index in [9.17, 15) is 4.79 Å². The van der Waals surface area contributed by atoms with Crippen molar-refractivity contribution in [3.05, 3.63) is 74.0 Å². The second kappa shape index (κ2) is 9.65. The molecule has 3 heterocycles. The van der Waals surface area contributed by atoms with E-state index in [0.29, 0.717) is 43.2 Å². The lowest BCUT2D eigenvalue weighted by molar-refractivity contribution is 0.102. The molecule has 0 aliphatic carbocycles. The number of halogens is 2. The number of carbonyl (C=O) groups excluding carboxylic acids is 1. The molecule has 0 saturated carbocycles. The van der Waals surface area contributed by atoms with E-state index in [1.807, 2.05) is 17.5 Å². The molecule has 1 amide bonds. The third kappa shape index (κ3) is 5.16. The number of hydrogen-bond donors (Lipinski definition) is 1. The Labute approximate surface area is 196 Å². The predicted molar refractivity (Wildman–Crippen MR) is 125 cm³/mol. The number of pyridine rings is 1. The van der Waals surface area contributed by atoms with Crippen LogP contribution < -0.4 is 14.8 Å². The summed E-state index contributed by atoms with van der Waals surface area (Å²) < 4.78 is 12.3. The number of benzene rings is 1. The van der Waals surface area contributed by atoms with Crippen LogP contribution in [0.2, 0.25) is 8.67 Å². The van der Waals surface area contributed by atoms with E-state index >= 15 is 0 Å². The van der Waals surface area contributed by atoms with Crippen molar-refractivity contribution >= 4 is 56.9 Å². The van der Waals surface area contributed by atoms with E-state index < -0.39 is 0 Å². The van der Waals surface area contributed by atoms with E-state index in [1.54, 1.807) is 43.8 Å². The lowest BCUT2D eigenvalue weighted by Gasteiger charge is -2.12. The van der Waals surface area contributed by atoms with Gasteiger partial charge in [-0.25, -0.2) is 4.98 Å². The fraction of sp³-hybridized carbons (Fsp3) is 0.0952. The SMILES string of the molecule is COc1ccc(C(=O)Nc2nc(-c3cc(Cl)sc3Cl)cs2)cc1OCc1cccnc1. The van der Waals surface area contributed by atoms with Gasteiger partial charge in [-0.05, 0) is 30.3 Å². The summed E-state index contributed by atoms with van der Waals surface area (Å²) in [5, 5.41) is 5.07. The molecule has 6 nitrogen and oxygen atoms in total. The highest BCUT2D eigenvalue weighted by molar-refractivity contribution is 7.20. The maximum atomic E-state index is 12.8. The van der Waals surface area contributed by atoms with Gasteiger partial charge in [-0.15, -0.1) is 22.7 Å². The van der Waals surface area contributed by atoms with Crippen molar-refractivity contribution in [1.82, 2.24) is 9.97 Å². The number of aromatic nitrogens is 2. The molecule has 0 aliphatic rings. The number of amides is 1. The largest absolute Gasteiger partial charge is 0.493 e. The van der Waals surface area contributed by atoms with Crippen molar-refractivity contribution in [3.63, 3.8) is 0 Å². The van der Waals surface area contributed by atoms with Gasteiger partial charge in [0, 0.05) is 34.5 Å². The number of rotatable bonds is 7. The Morgan fingerprint density at radius 3 is 2.77 bits per heavy atom. The number of hydrogen-bond acceptors (Lipinski definition) is 7. The lowest BCUT2D eigenvalue weighted by Crippen LogP contribution is -2.12. The third-order valence-corrected chi connectivity index (χ3v) is 6.45. The molecule has 158 valence electrons. The number of methoxy groups -OCH3 is 1. The monoisotopic (exact) mass is 491 g/mol. The molecule has 31 heavy (non-hydrogen) atoms. The number of nitrogens with zero attached hydrogens (tertiary/aromatic N) is 2. The first-order chi connectivity index (χ1) is 15.0. The Bertz CT molecular complexity index is 1210. The lowest BCUT2D eigenvalue weighted by atomic mass is 10.2. The van der Waals surface area contributed by atoms with Crippen LogP contribution in [0.3, 0.4) is 0 Å². The van der Waals surface area contributed by atoms with Crippen molar-refractivity contribution in [1.29, 1.82) is 0 Å². The fourth-order valence-corrected chi connectivity index (χ4v) is 4.90. The Balaban J connectivity index is 1.49. The number of nitrogens with one attached hydrogen (secondary N) is 1. The van der Waals surface area contributed by atoms with Crippen LogP contribution in [0.5, 0.6) is 11.5 Å². The van der Waals surface area contributed by atoms with Crippen LogP contribution in [0.15, 0.2) is 54.2 Å². The Kier molecular flexibility index (Phi) is 6.72. The maximum Gasteiger partial charge on any atom is 0.257 e. The second-order valence-corrected chi connectivity index (χ2v) is 9.39. The zero-order chi connectivity index (χ0) is 21.8. The number of thiazole rings is 1. The highest BCUT2D eigenvalue weighted by Crippen LogP contribution is 2.39. The highest BCUT2D eigenvalue weighted by Gasteiger charge is 2.16. The zero-order valence-corrected chi connectivity index (χ0v) is 19.2. The van der Waals surface area contributed by atoms with Crippen LogP contribution in [-0.4, -0.2) is 23.0 Å². The van der Waals surface area contributed by atoms with Crippen LogP contribution in [0.4, 0.5) is 5.13 Å². The predicted octanol–water partition coefficient (Wildman–Crippen LogP) is 6.41. The topological polar surface area (TPSA) is 73.3 Å². The average Bonchev–Trinajstić information content (AvgIpc) is 3.37. The first-order valence-electron chi connectivity index (χ1n) is 8.95. The summed E-state index contributed by atoms with van der Waals surface area (Å²) in [6, 6.07) is 10.5. The van der Waals surface area contributed by atoms with Crippen molar-refractivity contribution in [2.45, 2.75) is 6.61 Å². The normalized spacial score (nSPS) is 10.7. The zero-order valence-electron chi connectivity index (χ0n) is 16.1. The Morgan fingerprint density at radius 1 is 1.19 bits per heavy atom. The molecule has 10 heteroatoms. The van der Waals surface area contributed by atoms with Gasteiger partial charge in [-0.1, -0.05) is 29.3 Å². The molecule has 1 N–H and O–H groups in total. The summed E-state index contributed by atoms with van der Waals surface area (Å²) in [6.45, 7) is 0.301. The summed E-state index contributed by atoms with van der Waals surface area (Å²) >= 11 is 14.8. The molecule has 0 aliphatic heterocycles. The minimum absolute atomic E-state index is 0.301. The maximum absolute atomic E-state index is 12.8. The molecule has 0 unspecified atom stereocenters. The van der Waals surface area contributed by atoms with Crippen LogP contribution in [-0.2, 0) is 6.61 Å². The van der Waals surface area contributed by atoms with Crippen molar-refractivity contribution in [2.75, 3.05) is 12.4 Å². The molecular weight excluding hydrogens is 477 g/mol. The first kappa shape index (κ1) is 21.6. The molecule has 4 rings (SSSR count). The fourth-order valence-electron chi connectivity index (χ4n) is 2.71. The van der Waals surface area contributed by atoms with E-state index in [4.69, 9.17) is 32.7 Å². The quantitative estimate of drug-likeness (QED) is 0.323. The van der Waals surface area contributed by atoms with Crippen LogP contribution >= 0.6 is 45.9 Å². The molecule has 4 aromatic rings. The molecule has 0 bridgehead atoms. The summed E-state index contributed by atoms with van der Waals surface area (Å²) in [6.07, 6.45) is 3.41. The minimum atomic E-state index is -0.316. The second-order valence-electron chi connectivity index (χ2n) is 6.25. The van der Waals surface area contributed by atoms with E-state index in [1.165, 1.54) is 22.7 Å². The Hall–Kier alpha value is -2.65. The molecule has 0 fully saturated rings. The molecule has 0 radical (unpaired) electrons. The van der Waals surface area contributed by atoms with Gasteiger partial charge in [-0.3, -0.25) is 15.1 Å². The first-order valence-corrected chi connectivity index (χ1v) is 11.4. The number of carbonyl (C=O) groups is 1. The van der Waals surface area contributed by atoms with Crippen LogP contribution in [0.1, 0.15) is 15.9 Å². The molecule has 0 atom stereocenters. The summed E-state index contributed by atoms with van der Waals surface area (Å²) in [7, 11) is 1.55. The van der Waals surface area contributed by atoms with Crippen LogP contribution in [0.25, 0.3) is 11.3 Å². The third-order valence-electron chi connectivity index (χ3n) is 4.20. The van der Waals surface area contributed by atoms with Gasteiger partial charge in [0.15, 0.2) is 16.6 Å². The number of anilines is 1. The smallest absolute Gasteiger partial charge is 0.257 e. The van der Waals surface area contributed by atoms with Gasteiger partial charge < -0.3 is 9.47 Å². The van der Waals surface area contributed by atoms with Gasteiger partial charge in [0.25, 0.3) is 5.91 Å². The van der Waals surface area contributed by atoms with Gasteiger partial charge in [0.05, 0.1) is 17.1 Å². The van der Waals surface area contributed by atoms with Crippen LogP contribution in [0, 0.1) is 0 Å². The Morgan fingerprint density at radius 2 is 2.06 bits per heavy atom. The molecule has 1 aromatic carbocycles. The highest BCUT2D eigenvalue weighted by atomic mass is 35.5. The van der Waals surface area contributed by atoms with E-state index in [2.05, 4.69) is 15.3 Å². The number of ether oxygens (including phenoxy) is 2. The van der Waals surface area contributed by atoms with Gasteiger partial charge in [0.1, 0.15) is 10.9 Å². The molecule has 0 saturated heterocycles. The standard InChI is InChI=1S/C21H15Cl2N3O3S2/c1-28-16-5-4-13(7-17(16)29-10-12-3-2-6-24-9-12)20(27)26-21-25-15(11-30-21)14-8-18(22)31-19(14)23/h2-9,11H,10H2,1H3,(H,25,26,27). The molecular formula is C21H15Cl2N3O3S2. The van der Waals surface area contributed by atoms with Crippen molar-refractivity contribution in [2.24, 2.45) is 0 Å². The van der Waals surface area contributed by atoms with E-state index in [-0.39, 0.29) is 5.91 Å². The summed E-state index contributed by atoms with van der Waals surface area (Å²) in [5.74, 6) is 0.670. The van der Waals surface area contributed by atoms with Gasteiger partial charge in [-0.2, -0.15) is 0 Å². The minimum Gasteiger partial charge on any atom is -0.493 e. The summed E-state index contributed by atoms with van der Waals surface area (Å²) in [5.41, 5.74) is 2.71. The summed E-state index contributed by atoms with van der Waals surface area (Å²) in [4.78, 5) is 21.3. The molecule has 3 aromatic heterocycles.